The smallest absolute Gasteiger partial charge is 0.0500 e. The Bertz CT molecular complexity index is 304. The second-order valence-electron chi connectivity index (χ2n) is 3.74. The van der Waals surface area contributed by atoms with E-state index >= 15 is 0 Å². The molecule has 0 saturated carbocycles. The van der Waals surface area contributed by atoms with E-state index in [1.807, 2.05) is 36.0 Å². The topological polar surface area (TPSA) is 20.2 Å². The fourth-order valence-electron chi connectivity index (χ4n) is 1.73. The molecule has 0 amide bonds. The van der Waals surface area contributed by atoms with Crippen molar-refractivity contribution in [2.24, 2.45) is 0 Å². The summed E-state index contributed by atoms with van der Waals surface area (Å²) >= 11 is 8.07. The highest BCUT2D eigenvalue weighted by Crippen LogP contribution is 2.28. The minimum Gasteiger partial charge on any atom is -0.396 e. The van der Waals surface area contributed by atoms with Crippen LogP contribution in [0.5, 0.6) is 0 Å². The lowest BCUT2D eigenvalue weighted by Crippen LogP contribution is -2.05. The predicted molar refractivity (Wildman–Crippen MR) is 73.5 cm³/mol. The van der Waals surface area contributed by atoms with Gasteiger partial charge >= 0.3 is 0 Å². The molecule has 0 radical (unpaired) electrons. The molecule has 0 bridgehead atoms. The van der Waals surface area contributed by atoms with E-state index in [-0.39, 0.29) is 12.5 Å². The molecular formula is C13H19ClOS. The van der Waals surface area contributed by atoms with Crippen LogP contribution in [0.3, 0.4) is 0 Å². The number of hydrogen-bond donors (Lipinski definition) is 1. The molecule has 1 N–H and O–H groups in total. The second kappa shape index (κ2) is 7.99. The quantitative estimate of drug-likeness (QED) is 0.748. The third kappa shape index (κ3) is 4.36. The first-order chi connectivity index (χ1) is 7.79. The summed E-state index contributed by atoms with van der Waals surface area (Å²) in [5.74, 6) is 2.51. The van der Waals surface area contributed by atoms with E-state index in [4.69, 9.17) is 11.6 Å². The number of benzene rings is 1. The van der Waals surface area contributed by atoms with Crippen molar-refractivity contribution in [3.8, 4) is 0 Å². The third-order valence-corrected chi connectivity index (χ3v) is 3.94. The number of rotatable bonds is 7. The van der Waals surface area contributed by atoms with Crippen LogP contribution in [0.1, 0.15) is 31.2 Å². The van der Waals surface area contributed by atoms with Gasteiger partial charge in [-0.05, 0) is 36.0 Å². The average molecular weight is 259 g/mol. The second-order valence-corrected chi connectivity index (χ2v) is 5.54. The molecule has 0 aromatic heterocycles. The first-order valence-electron chi connectivity index (χ1n) is 5.72. The van der Waals surface area contributed by atoms with Crippen molar-refractivity contribution in [2.45, 2.75) is 25.7 Å². The Labute approximate surface area is 107 Å². The molecule has 1 atom stereocenters. The van der Waals surface area contributed by atoms with Gasteiger partial charge in [0.2, 0.25) is 0 Å². The van der Waals surface area contributed by atoms with Crippen LogP contribution in [0.4, 0.5) is 0 Å². The lowest BCUT2D eigenvalue weighted by Gasteiger charge is -2.15. The molecule has 1 aromatic carbocycles. The summed E-state index contributed by atoms with van der Waals surface area (Å²) in [4.78, 5) is 0. The molecule has 0 saturated heterocycles. The van der Waals surface area contributed by atoms with Gasteiger partial charge < -0.3 is 5.11 Å². The van der Waals surface area contributed by atoms with Gasteiger partial charge in [0.15, 0.2) is 0 Å². The van der Waals surface area contributed by atoms with Crippen LogP contribution in [0.2, 0.25) is 5.02 Å². The van der Waals surface area contributed by atoms with Crippen LogP contribution in [0.25, 0.3) is 0 Å². The van der Waals surface area contributed by atoms with E-state index in [0.29, 0.717) is 0 Å². The summed E-state index contributed by atoms with van der Waals surface area (Å²) < 4.78 is 0. The van der Waals surface area contributed by atoms with E-state index in [1.165, 1.54) is 0 Å². The van der Waals surface area contributed by atoms with Crippen LogP contribution in [0.15, 0.2) is 24.3 Å². The van der Waals surface area contributed by atoms with Crippen molar-refractivity contribution < 1.29 is 5.11 Å². The SMILES string of the molecule is CCSCCCC(CO)c1ccccc1Cl. The lowest BCUT2D eigenvalue weighted by molar-refractivity contribution is 0.259. The zero-order valence-corrected chi connectivity index (χ0v) is 11.2. The molecule has 1 nitrogen and oxygen atoms in total. The van der Waals surface area contributed by atoms with Crippen molar-refractivity contribution in [3.63, 3.8) is 0 Å². The van der Waals surface area contributed by atoms with Crippen LogP contribution >= 0.6 is 23.4 Å². The summed E-state index contributed by atoms with van der Waals surface area (Å²) in [5, 5.41) is 10.2. The summed E-state index contributed by atoms with van der Waals surface area (Å²) in [6.45, 7) is 2.35. The monoisotopic (exact) mass is 258 g/mol. The van der Waals surface area contributed by atoms with E-state index in [1.54, 1.807) is 0 Å². The van der Waals surface area contributed by atoms with Gasteiger partial charge in [0.1, 0.15) is 0 Å². The molecule has 0 fully saturated rings. The Hall–Kier alpha value is -0.180. The average Bonchev–Trinajstić information content (AvgIpc) is 2.31. The van der Waals surface area contributed by atoms with Gasteiger partial charge in [-0.15, -0.1) is 0 Å². The number of hydrogen-bond acceptors (Lipinski definition) is 2. The van der Waals surface area contributed by atoms with E-state index in [2.05, 4.69) is 6.92 Å². The molecule has 1 unspecified atom stereocenters. The first kappa shape index (κ1) is 13.9. The normalized spacial score (nSPS) is 12.7. The Morgan fingerprint density at radius 1 is 1.38 bits per heavy atom. The maximum absolute atomic E-state index is 9.39. The molecule has 0 spiro atoms. The minimum atomic E-state index is 0.181. The molecule has 0 heterocycles. The zero-order valence-electron chi connectivity index (χ0n) is 9.66. The van der Waals surface area contributed by atoms with E-state index in [9.17, 15) is 5.11 Å². The van der Waals surface area contributed by atoms with Crippen molar-refractivity contribution >= 4 is 23.4 Å². The summed E-state index contributed by atoms with van der Waals surface area (Å²) in [5.41, 5.74) is 1.08. The lowest BCUT2D eigenvalue weighted by atomic mass is 9.95. The van der Waals surface area contributed by atoms with Crippen molar-refractivity contribution in [1.82, 2.24) is 0 Å². The highest BCUT2D eigenvalue weighted by Gasteiger charge is 2.12. The molecule has 90 valence electrons. The largest absolute Gasteiger partial charge is 0.396 e. The Morgan fingerprint density at radius 2 is 2.12 bits per heavy atom. The molecule has 16 heavy (non-hydrogen) atoms. The molecule has 0 aliphatic heterocycles. The predicted octanol–water partition coefficient (Wildman–Crippen LogP) is 3.95. The number of aliphatic hydroxyl groups is 1. The molecular weight excluding hydrogens is 240 g/mol. The van der Waals surface area contributed by atoms with Gasteiger partial charge in [-0.3, -0.25) is 0 Å². The van der Waals surface area contributed by atoms with Gasteiger partial charge in [-0.1, -0.05) is 36.7 Å². The van der Waals surface area contributed by atoms with Gasteiger partial charge in [-0.25, -0.2) is 0 Å². The van der Waals surface area contributed by atoms with Gasteiger partial charge in [0.05, 0.1) is 0 Å². The van der Waals surface area contributed by atoms with E-state index in [0.717, 1.165) is 34.9 Å². The van der Waals surface area contributed by atoms with E-state index < -0.39 is 0 Å². The maximum Gasteiger partial charge on any atom is 0.0500 e. The van der Waals surface area contributed by atoms with Crippen molar-refractivity contribution in [2.75, 3.05) is 18.1 Å². The number of aliphatic hydroxyl groups excluding tert-OH is 1. The maximum atomic E-state index is 9.39. The third-order valence-electron chi connectivity index (χ3n) is 2.61. The van der Waals surface area contributed by atoms with Gasteiger partial charge in [-0.2, -0.15) is 11.8 Å². The van der Waals surface area contributed by atoms with Crippen molar-refractivity contribution in [1.29, 1.82) is 0 Å². The molecule has 1 rings (SSSR count). The zero-order chi connectivity index (χ0) is 11.8. The molecule has 0 aliphatic carbocycles. The molecule has 3 heteroatoms. The highest BCUT2D eigenvalue weighted by atomic mass is 35.5. The Kier molecular flexibility index (Phi) is 6.93. The van der Waals surface area contributed by atoms with Gasteiger partial charge in [0, 0.05) is 17.5 Å². The van der Waals surface area contributed by atoms with Crippen LogP contribution < -0.4 is 0 Å². The number of thioether (sulfide) groups is 1. The fraction of sp³-hybridized carbons (Fsp3) is 0.538. The fourth-order valence-corrected chi connectivity index (χ4v) is 2.68. The van der Waals surface area contributed by atoms with Crippen LogP contribution in [-0.4, -0.2) is 23.2 Å². The summed E-state index contributed by atoms with van der Waals surface area (Å²) in [7, 11) is 0. The minimum absolute atomic E-state index is 0.181. The standard InChI is InChI=1S/C13H19ClOS/c1-2-16-9-5-6-11(10-15)12-7-3-4-8-13(12)14/h3-4,7-8,11,15H,2,5-6,9-10H2,1H3. The highest BCUT2D eigenvalue weighted by molar-refractivity contribution is 7.99. The van der Waals surface area contributed by atoms with Crippen LogP contribution in [0, 0.1) is 0 Å². The first-order valence-corrected chi connectivity index (χ1v) is 7.25. The Balaban J connectivity index is 2.51. The molecule has 0 aliphatic rings. The Morgan fingerprint density at radius 3 is 2.75 bits per heavy atom. The van der Waals surface area contributed by atoms with Crippen LogP contribution in [-0.2, 0) is 0 Å². The van der Waals surface area contributed by atoms with Crippen molar-refractivity contribution in [3.05, 3.63) is 34.9 Å². The summed E-state index contributed by atoms with van der Waals surface area (Å²) in [6, 6.07) is 7.80. The number of halogens is 1. The summed E-state index contributed by atoms with van der Waals surface area (Å²) in [6.07, 6.45) is 2.14. The molecule has 1 aromatic rings. The van der Waals surface area contributed by atoms with Gasteiger partial charge in [0.25, 0.3) is 0 Å².